The summed E-state index contributed by atoms with van der Waals surface area (Å²) in [6, 6.07) is 11.9. The zero-order valence-electron chi connectivity index (χ0n) is 20.1. The molecule has 4 rings (SSSR count). The number of hydrogen-bond acceptors (Lipinski definition) is 6. The largest absolute Gasteiger partial charge is 0.494 e. The van der Waals surface area contributed by atoms with Gasteiger partial charge < -0.3 is 14.0 Å². The molecular formula is C25H31N3O5S2. The molecule has 1 aromatic heterocycles. The number of benzene rings is 2. The highest BCUT2D eigenvalue weighted by molar-refractivity contribution is 7.89. The summed E-state index contributed by atoms with van der Waals surface area (Å²) >= 11 is 1.40. The highest BCUT2D eigenvalue weighted by atomic mass is 32.2. The predicted molar refractivity (Wildman–Crippen MR) is 136 cm³/mol. The Kier molecular flexibility index (Phi) is 8.38. The van der Waals surface area contributed by atoms with Gasteiger partial charge in [-0.1, -0.05) is 24.2 Å². The van der Waals surface area contributed by atoms with Gasteiger partial charge in [-0.3, -0.25) is 4.79 Å². The number of aromatic nitrogens is 1. The van der Waals surface area contributed by atoms with Gasteiger partial charge in [-0.05, 0) is 62.2 Å². The van der Waals surface area contributed by atoms with Crippen molar-refractivity contribution in [2.45, 2.75) is 44.0 Å². The van der Waals surface area contributed by atoms with Crippen molar-refractivity contribution in [1.29, 1.82) is 0 Å². The van der Waals surface area contributed by atoms with Crippen LogP contribution in [0.4, 0.5) is 0 Å². The second kappa shape index (κ2) is 11.5. The van der Waals surface area contributed by atoms with Gasteiger partial charge in [0.2, 0.25) is 10.0 Å². The van der Waals surface area contributed by atoms with E-state index in [4.69, 9.17) is 9.47 Å². The summed E-state index contributed by atoms with van der Waals surface area (Å²) < 4.78 is 41.4. The molecule has 1 amide bonds. The molecule has 0 unspecified atom stereocenters. The molecule has 0 atom stereocenters. The van der Waals surface area contributed by atoms with Gasteiger partial charge in [0, 0.05) is 32.3 Å². The quantitative estimate of drug-likeness (QED) is 0.450. The van der Waals surface area contributed by atoms with Crippen molar-refractivity contribution < 1.29 is 22.7 Å². The summed E-state index contributed by atoms with van der Waals surface area (Å²) in [5, 5.41) is 0. The minimum Gasteiger partial charge on any atom is -0.494 e. The Morgan fingerprint density at radius 1 is 1.06 bits per heavy atom. The van der Waals surface area contributed by atoms with E-state index in [1.165, 1.54) is 35.6 Å². The monoisotopic (exact) mass is 517 g/mol. The van der Waals surface area contributed by atoms with Crippen LogP contribution < -0.4 is 9.54 Å². The smallest absolute Gasteiger partial charge is 0.279 e. The molecule has 1 aliphatic heterocycles. The van der Waals surface area contributed by atoms with E-state index in [0.717, 1.165) is 41.6 Å². The van der Waals surface area contributed by atoms with Crippen LogP contribution in [0.1, 0.15) is 43.0 Å². The number of nitrogens with zero attached hydrogens (tertiary/aromatic N) is 3. The van der Waals surface area contributed by atoms with E-state index in [2.05, 4.69) is 4.99 Å². The lowest BCUT2D eigenvalue weighted by Crippen LogP contribution is -2.31. The van der Waals surface area contributed by atoms with Crippen molar-refractivity contribution in [3.05, 3.63) is 52.8 Å². The molecule has 1 fully saturated rings. The fourth-order valence-corrected chi connectivity index (χ4v) is 6.75. The fourth-order valence-electron chi connectivity index (χ4n) is 4.15. The number of carbonyl (C=O) groups excluding carboxylic acids is 1. The highest BCUT2D eigenvalue weighted by Crippen LogP contribution is 2.24. The Labute approximate surface area is 209 Å². The second-order valence-corrected chi connectivity index (χ2v) is 11.3. The number of hydrogen-bond donors (Lipinski definition) is 0. The maximum atomic E-state index is 13.0. The molecule has 0 aliphatic carbocycles. The van der Waals surface area contributed by atoms with E-state index in [-0.39, 0.29) is 4.90 Å². The molecule has 2 aromatic carbocycles. The minimum absolute atomic E-state index is 0.205. The number of sulfonamides is 1. The minimum atomic E-state index is -3.57. The fraction of sp³-hybridized carbons (Fsp3) is 0.440. The molecule has 2 heterocycles. The lowest BCUT2D eigenvalue weighted by atomic mass is 10.2. The third-order valence-corrected chi connectivity index (χ3v) is 8.94. The summed E-state index contributed by atoms with van der Waals surface area (Å²) in [6.07, 6.45) is 3.85. The van der Waals surface area contributed by atoms with Crippen molar-refractivity contribution in [2.75, 3.05) is 33.4 Å². The van der Waals surface area contributed by atoms with Crippen molar-refractivity contribution in [3.63, 3.8) is 0 Å². The Bertz CT molecular complexity index is 1340. The number of ether oxygens (including phenoxy) is 2. The van der Waals surface area contributed by atoms with Crippen LogP contribution >= 0.6 is 11.3 Å². The van der Waals surface area contributed by atoms with Crippen molar-refractivity contribution >= 4 is 37.5 Å². The maximum absolute atomic E-state index is 13.0. The van der Waals surface area contributed by atoms with Crippen LogP contribution in [0.15, 0.2) is 52.4 Å². The van der Waals surface area contributed by atoms with E-state index in [1.54, 1.807) is 11.4 Å². The molecule has 1 aliphatic rings. The molecule has 0 bridgehead atoms. The van der Waals surface area contributed by atoms with Gasteiger partial charge >= 0.3 is 0 Å². The Hall–Kier alpha value is -2.53. The number of amides is 1. The SMILES string of the molecule is CCOc1ccc2c(c1)sc(=NC(=O)c1ccc(S(=O)(=O)N3CCCCCC3)cc1)n2CCOC. The first kappa shape index (κ1) is 25.6. The zero-order valence-corrected chi connectivity index (χ0v) is 21.7. The van der Waals surface area contributed by atoms with Crippen LogP contribution in [-0.4, -0.2) is 56.6 Å². The topological polar surface area (TPSA) is 90.2 Å². The van der Waals surface area contributed by atoms with Crippen LogP contribution in [0.2, 0.25) is 0 Å². The van der Waals surface area contributed by atoms with Gasteiger partial charge in [-0.15, -0.1) is 0 Å². The van der Waals surface area contributed by atoms with E-state index >= 15 is 0 Å². The van der Waals surface area contributed by atoms with Crippen LogP contribution in [0.5, 0.6) is 5.75 Å². The molecule has 8 nitrogen and oxygen atoms in total. The Balaban J connectivity index is 1.63. The normalized spacial score (nSPS) is 15.9. The van der Waals surface area contributed by atoms with Gasteiger partial charge in [0.1, 0.15) is 5.75 Å². The first-order valence-electron chi connectivity index (χ1n) is 11.9. The standard InChI is InChI=1S/C25H31N3O5S2/c1-3-33-20-10-13-22-23(18-20)34-25(28(22)16-17-32-2)26-24(29)19-8-11-21(12-9-19)35(30,31)27-14-6-4-5-7-15-27/h8-13,18H,3-7,14-17H2,1-2H3. The summed E-state index contributed by atoms with van der Waals surface area (Å²) in [5.41, 5.74) is 1.28. The van der Waals surface area contributed by atoms with Gasteiger partial charge in [-0.2, -0.15) is 9.30 Å². The first-order valence-corrected chi connectivity index (χ1v) is 14.1. The van der Waals surface area contributed by atoms with E-state index in [9.17, 15) is 13.2 Å². The summed E-state index contributed by atoms with van der Waals surface area (Å²) in [6.45, 7) is 4.60. The number of thiazole rings is 1. The van der Waals surface area contributed by atoms with Crippen LogP contribution in [0, 0.1) is 0 Å². The average molecular weight is 518 g/mol. The first-order chi connectivity index (χ1) is 16.9. The Morgan fingerprint density at radius 2 is 1.77 bits per heavy atom. The van der Waals surface area contributed by atoms with Crippen molar-refractivity contribution in [3.8, 4) is 5.75 Å². The van der Waals surface area contributed by atoms with Gasteiger partial charge in [0.15, 0.2) is 4.80 Å². The number of methoxy groups -OCH3 is 1. The molecule has 0 radical (unpaired) electrons. The molecular weight excluding hydrogens is 486 g/mol. The van der Waals surface area contributed by atoms with Crippen molar-refractivity contribution in [1.82, 2.24) is 8.87 Å². The lowest BCUT2D eigenvalue weighted by Gasteiger charge is -2.19. The predicted octanol–water partition coefficient (Wildman–Crippen LogP) is 4.05. The number of fused-ring (bicyclic) bond motifs is 1. The zero-order chi connectivity index (χ0) is 24.8. The summed E-state index contributed by atoms with van der Waals surface area (Å²) in [4.78, 5) is 18.1. The van der Waals surface area contributed by atoms with Crippen LogP contribution in [-0.2, 0) is 21.3 Å². The molecule has 0 saturated carbocycles. The highest BCUT2D eigenvalue weighted by Gasteiger charge is 2.25. The lowest BCUT2D eigenvalue weighted by molar-refractivity contribution is 0.0997. The van der Waals surface area contributed by atoms with Crippen LogP contribution in [0.25, 0.3) is 10.2 Å². The van der Waals surface area contributed by atoms with E-state index < -0.39 is 15.9 Å². The van der Waals surface area contributed by atoms with Crippen molar-refractivity contribution in [2.24, 2.45) is 4.99 Å². The van der Waals surface area contributed by atoms with E-state index in [0.29, 0.717) is 43.2 Å². The summed E-state index contributed by atoms with van der Waals surface area (Å²) in [5.74, 6) is 0.339. The molecule has 0 N–H and O–H groups in total. The Morgan fingerprint density at radius 3 is 2.43 bits per heavy atom. The third kappa shape index (κ3) is 5.83. The summed E-state index contributed by atoms with van der Waals surface area (Å²) in [7, 11) is -1.94. The maximum Gasteiger partial charge on any atom is 0.279 e. The van der Waals surface area contributed by atoms with E-state index in [1.807, 2.05) is 29.7 Å². The molecule has 3 aromatic rings. The molecule has 188 valence electrons. The average Bonchev–Trinajstić information content (AvgIpc) is 3.01. The number of rotatable bonds is 8. The number of carbonyl (C=O) groups is 1. The molecule has 35 heavy (non-hydrogen) atoms. The van der Waals surface area contributed by atoms with Crippen LogP contribution in [0.3, 0.4) is 0 Å². The van der Waals surface area contributed by atoms with Gasteiger partial charge in [0.05, 0.1) is 28.3 Å². The van der Waals surface area contributed by atoms with Gasteiger partial charge in [-0.25, -0.2) is 8.42 Å². The second-order valence-electron chi connectivity index (χ2n) is 8.35. The third-order valence-electron chi connectivity index (χ3n) is 5.99. The van der Waals surface area contributed by atoms with Gasteiger partial charge in [0.25, 0.3) is 5.91 Å². The molecule has 0 spiro atoms. The molecule has 1 saturated heterocycles. The molecule has 10 heteroatoms.